The number of benzene rings is 1. The van der Waals surface area contributed by atoms with E-state index in [0.717, 1.165) is 12.1 Å². The fourth-order valence-corrected chi connectivity index (χ4v) is 2.24. The first-order valence-corrected chi connectivity index (χ1v) is 6.59. The first kappa shape index (κ1) is 14.4. The molecule has 5 nitrogen and oxygen atoms in total. The molecule has 0 saturated heterocycles. The summed E-state index contributed by atoms with van der Waals surface area (Å²) in [5.41, 5.74) is 0.100. The van der Waals surface area contributed by atoms with E-state index in [1.807, 2.05) is 0 Å². The van der Waals surface area contributed by atoms with Gasteiger partial charge < -0.3 is 5.11 Å². The first-order valence-electron chi connectivity index (χ1n) is 6.21. The standard InChI is InChI=1S/C14H9ClF2N4O/c1-7-13(12-9(16)3-2-4-10(12)17)19-20-21(7)14-8(15)5-6-11(22)18-14/h2-6H,1H3,(H,18,22). The second-order valence-electron chi connectivity index (χ2n) is 4.51. The molecule has 0 saturated carbocycles. The summed E-state index contributed by atoms with van der Waals surface area (Å²) in [5.74, 6) is -1.63. The van der Waals surface area contributed by atoms with Crippen LogP contribution in [-0.4, -0.2) is 25.1 Å². The van der Waals surface area contributed by atoms with Crippen LogP contribution in [0.15, 0.2) is 30.3 Å². The molecule has 0 radical (unpaired) electrons. The van der Waals surface area contributed by atoms with Gasteiger partial charge in [-0.3, -0.25) is 0 Å². The Hall–Kier alpha value is -2.54. The molecule has 0 aliphatic carbocycles. The molecule has 0 fully saturated rings. The van der Waals surface area contributed by atoms with E-state index in [9.17, 15) is 13.9 Å². The Morgan fingerprint density at radius 1 is 1.14 bits per heavy atom. The van der Waals surface area contributed by atoms with Gasteiger partial charge in [0.2, 0.25) is 5.88 Å². The van der Waals surface area contributed by atoms with Gasteiger partial charge in [0, 0.05) is 6.07 Å². The number of aromatic hydroxyl groups is 1. The highest BCUT2D eigenvalue weighted by Gasteiger charge is 2.20. The summed E-state index contributed by atoms with van der Waals surface area (Å²) in [4.78, 5) is 3.85. The van der Waals surface area contributed by atoms with E-state index >= 15 is 0 Å². The lowest BCUT2D eigenvalue weighted by atomic mass is 10.1. The molecule has 1 aromatic carbocycles. The zero-order valence-corrected chi connectivity index (χ0v) is 12.0. The van der Waals surface area contributed by atoms with Gasteiger partial charge in [-0.05, 0) is 25.1 Å². The third-order valence-electron chi connectivity index (χ3n) is 3.11. The monoisotopic (exact) mass is 322 g/mol. The lowest BCUT2D eigenvalue weighted by molar-refractivity contribution is 0.451. The second-order valence-corrected chi connectivity index (χ2v) is 4.91. The molecule has 1 N–H and O–H groups in total. The molecule has 2 heterocycles. The van der Waals surface area contributed by atoms with Crippen LogP contribution in [-0.2, 0) is 0 Å². The summed E-state index contributed by atoms with van der Waals surface area (Å²) in [6.07, 6.45) is 0. The zero-order valence-electron chi connectivity index (χ0n) is 11.3. The van der Waals surface area contributed by atoms with Crippen molar-refractivity contribution < 1.29 is 13.9 Å². The number of rotatable bonds is 2. The van der Waals surface area contributed by atoms with Gasteiger partial charge in [0.25, 0.3) is 0 Å². The molecule has 2 aromatic heterocycles. The van der Waals surface area contributed by atoms with Gasteiger partial charge in [0.1, 0.15) is 17.3 Å². The highest BCUT2D eigenvalue weighted by molar-refractivity contribution is 6.32. The Balaban J connectivity index is 2.20. The topological polar surface area (TPSA) is 63.8 Å². The van der Waals surface area contributed by atoms with Gasteiger partial charge in [-0.15, -0.1) is 5.10 Å². The van der Waals surface area contributed by atoms with Crippen molar-refractivity contribution in [2.24, 2.45) is 0 Å². The number of aromatic nitrogens is 4. The minimum atomic E-state index is -0.745. The third-order valence-corrected chi connectivity index (χ3v) is 3.40. The van der Waals surface area contributed by atoms with Crippen molar-refractivity contribution in [2.75, 3.05) is 0 Å². The van der Waals surface area contributed by atoms with Crippen LogP contribution in [0.5, 0.6) is 5.88 Å². The minimum absolute atomic E-state index is 0.0387. The molecule has 3 rings (SSSR count). The SMILES string of the molecule is Cc1c(-c2c(F)cccc2F)nnn1-c1nc(O)ccc1Cl. The van der Waals surface area contributed by atoms with Crippen molar-refractivity contribution in [3.63, 3.8) is 0 Å². The summed E-state index contributed by atoms with van der Waals surface area (Å²) in [7, 11) is 0. The van der Waals surface area contributed by atoms with Gasteiger partial charge in [-0.2, -0.15) is 9.67 Å². The Morgan fingerprint density at radius 2 is 1.82 bits per heavy atom. The van der Waals surface area contributed by atoms with Gasteiger partial charge in [-0.25, -0.2) is 8.78 Å². The Morgan fingerprint density at radius 3 is 2.50 bits per heavy atom. The summed E-state index contributed by atoms with van der Waals surface area (Å²) < 4.78 is 29.0. The van der Waals surface area contributed by atoms with Crippen LogP contribution in [0.25, 0.3) is 17.1 Å². The first-order chi connectivity index (χ1) is 10.5. The van der Waals surface area contributed by atoms with Crippen LogP contribution < -0.4 is 0 Å². The van der Waals surface area contributed by atoms with Crippen molar-refractivity contribution in [2.45, 2.75) is 6.92 Å². The minimum Gasteiger partial charge on any atom is -0.493 e. The van der Waals surface area contributed by atoms with Crippen molar-refractivity contribution in [3.8, 4) is 23.0 Å². The van der Waals surface area contributed by atoms with Gasteiger partial charge >= 0.3 is 0 Å². The van der Waals surface area contributed by atoms with Crippen molar-refractivity contribution in [1.82, 2.24) is 20.0 Å². The summed E-state index contributed by atoms with van der Waals surface area (Å²) in [6.45, 7) is 1.57. The molecule has 8 heteroatoms. The summed E-state index contributed by atoms with van der Waals surface area (Å²) in [6, 6.07) is 6.29. The van der Waals surface area contributed by atoms with Crippen molar-refractivity contribution >= 4 is 11.6 Å². The molecule has 0 spiro atoms. The maximum atomic E-state index is 13.9. The van der Waals surface area contributed by atoms with Crippen molar-refractivity contribution in [3.05, 3.63) is 52.7 Å². The highest BCUT2D eigenvalue weighted by atomic mass is 35.5. The highest BCUT2D eigenvalue weighted by Crippen LogP contribution is 2.29. The number of nitrogens with zero attached hydrogens (tertiary/aromatic N) is 4. The number of hydrogen-bond donors (Lipinski definition) is 1. The van der Waals surface area contributed by atoms with Crippen LogP contribution >= 0.6 is 11.6 Å². The fraction of sp³-hybridized carbons (Fsp3) is 0.0714. The molecular formula is C14H9ClF2N4O. The van der Waals surface area contributed by atoms with Crippen LogP contribution in [0.4, 0.5) is 8.78 Å². The maximum Gasteiger partial charge on any atom is 0.212 e. The van der Waals surface area contributed by atoms with Gasteiger partial charge in [0.05, 0.1) is 16.3 Å². The molecular weight excluding hydrogens is 314 g/mol. The predicted octanol–water partition coefficient (Wildman–Crippen LogP) is 3.27. The maximum absolute atomic E-state index is 13.9. The molecule has 0 atom stereocenters. The summed E-state index contributed by atoms with van der Waals surface area (Å²) in [5, 5.41) is 17.3. The van der Waals surface area contributed by atoms with E-state index in [1.54, 1.807) is 6.92 Å². The van der Waals surface area contributed by atoms with Crippen molar-refractivity contribution in [1.29, 1.82) is 0 Å². The normalized spacial score (nSPS) is 10.9. The van der Waals surface area contributed by atoms with E-state index in [-0.39, 0.29) is 28.0 Å². The van der Waals surface area contributed by atoms with E-state index in [0.29, 0.717) is 5.69 Å². The molecule has 3 aromatic rings. The van der Waals surface area contributed by atoms with Crippen LogP contribution in [0.3, 0.4) is 0 Å². The third kappa shape index (κ3) is 2.29. The molecule has 0 bridgehead atoms. The molecule has 0 aliphatic heterocycles. The average molecular weight is 323 g/mol. The van der Waals surface area contributed by atoms with Crippen LogP contribution in [0.1, 0.15) is 5.69 Å². The van der Waals surface area contributed by atoms with Gasteiger partial charge in [-0.1, -0.05) is 22.9 Å². The molecule has 22 heavy (non-hydrogen) atoms. The van der Waals surface area contributed by atoms with E-state index < -0.39 is 11.6 Å². The average Bonchev–Trinajstić information content (AvgIpc) is 2.83. The molecule has 0 amide bonds. The van der Waals surface area contributed by atoms with E-state index in [1.165, 1.54) is 22.9 Å². The Kier molecular flexibility index (Phi) is 3.50. The molecule has 0 aliphatic rings. The second kappa shape index (κ2) is 5.34. The Bertz CT molecular complexity index is 846. The Labute approximate surface area is 128 Å². The van der Waals surface area contributed by atoms with E-state index in [4.69, 9.17) is 11.6 Å². The van der Waals surface area contributed by atoms with Crippen LogP contribution in [0, 0.1) is 18.6 Å². The predicted molar refractivity (Wildman–Crippen MR) is 75.9 cm³/mol. The number of halogens is 3. The largest absolute Gasteiger partial charge is 0.493 e. The molecule has 112 valence electrons. The smallest absolute Gasteiger partial charge is 0.212 e. The zero-order chi connectivity index (χ0) is 15.9. The lowest BCUT2D eigenvalue weighted by Gasteiger charge is -2.06. The molecule has 0 unspecified atom stereocenters. The quantitative estimate of drug-likeness (QED) is 0.786. The van der Waals surface area contributed by atoms with E-state index in [2.05, 4.69) is 15.3 Å². The summed E-state index contributed by atoms with van der Waals surface area (Å²) >= 11 is 6.01. The number of pyridine rings is 1. The van der Waals surface area contributed by atoms with Crippen LogP contribution in [0.2, 0.25) is 5.02 Å². The number of hydrogen-bond acceptors (Lipinski definition) is 4. The lowest BCUT2D eigenvalue weighted by Crippen LogP contribution is -2.03. The van der Waals surface area contributed by atoms with Gasteiger partial charge in [0.15, 0.2) is 5.82 Å². The fourth-order valence-electron chi connectivity index (χ4n) is 2.06.